The van der Waals surface area contributed by atoms with E-state index in [1.807, 2.05) is 17.0 Å². The van der Waals surface area contributed by atoms with Crippen LogP contribution in [0, 0.1) is 22.6 Å². The van der Waals surface area contributed by atoms with Gasteiger partial charge in [0.15, 0.2) is 0 Å². The van der Waals surface area contributed by atoms with Gasteiger partial charge in [0, 0.05) is 30.4 Å². The van der Waals surface area contributed by atoms with Gasteiger partial charge in [-0.15, -0.1) is 0 Å². The monoisotopic (exact) mass is 526 g/mol. The number of aromatic nitrogens is 1. The van der Waals surface area contributed by atoms with Gasteiger partial charge in [0.1, 0.15) is 17.6 Å². The van der Waals surface area contributed by atoms with Gasteiger partial charge in [-0.1, -0.05) is 42.5 Å². The number of benzene rings is 2. The first-order chi connectivity index (χ1) is 18.9. The third-order valence-electron chi connectivity index (χ3n) is 6.07. The Hall–Kier alpha value is -5.15. The summed E-state index contributed by atoms with van der Waals surface area (Å²) in [5, 5.41) is 20.3. The maximum Gasteiger partial charge on any atom is 0.291 e. The van der Waals surface area contributed by atoms with Crippen molar-refractivity contribution in [2.75, 3.05) is 36.5 Å². The van der Waals surface area contributed by atoms with E-state index in [-0.39, 0.29) is 11.4 Å². The molecular formula is C27H23FN8O3. The molecule has 0 radical (unpaired) electrons. The molecule has 3 aromatic rings. The fourth-order valence-electron chi connectivity index (χ4n) is 4.23. The van der Waals surface area contributed by atoms with Crippen LogP contribution in [0.25, 0.3) is 0 Å². The normalized spacial score (nSPS) is 17.3. The molecule has 1 amide bonds. The molecule has 1 aromatic heterocycles. The lowest BCUT2D eigenvalue weighted by Crippen LogP contribution is -2.37. The number of halogens is 1. The summed E-state index contributed by atoms with van der Waals surface area (Å²) in [6.07, 6.45) is -0.0988. The van der Waals surface area contributed by atoms with Crippen LogP contribution in [-0.2, 0) is 14.3 Å². The Morgan fingerprint density at radius 2 is 2.00 bits per heavy atom. The molecule has 0 aliphatic carbocycles. The van der Waals surface area contributed by atoms with Gasteiger partial charge in [0.25, 0.3) is 11.9 Å². The number of anilines is 2. The van der Waals surface area contributed by atoms with Crippen LogP contribution in [0.3, 0.4) is 0 Å². The second kappa shape index (κ2) is 11.1. The molecule has 4 N–H and O–H groups in total. The van der Waals surface area contributed by atoms with Gasteiger partial charge in [-0.05, 0) is 12.1 Å². The van der Waals surface area contributed by atoms with Crippen molar-refractivity contribution in [1.29, 1.82) is 10.7 Å². The zero-order valence-corrected chi connectivity index (χ0v) is 20.6. The minimum absolute atomic E-state index is 0.0213. The lowest BCUT2D eigenvalue weighted by Gasteiger charge is -2.30. The van der Waals surface area contributed by atoms with Gasteiger partial charge < -0.3 is 25.4 Å². The van der Waals surface area contributed by atoms with E-state index < -0.39 is 29.8 Å². The minimum Gasteiger partial charge on any atom is -0.405 e. The van der Waals surface area contributed by atoms with Crippen molar-refractivity contribution < 1.29 is 18.7 Å². The van der Waals surface area contributed by atoms with Crippen LogP contribution in [0.2, 0.25) is 0 Å². The van der Waals surface area contributed by atoms with Gasteiger partial charge in [-0.3, -0.25) is 10.2 Å². The predicted octanol–water partition coefficient (Wildman–Crippen LogP) is 2.40. The number of nitrogens with two attached hydrogens (primary N) is 1. The standard InChI is InChI=1S/C27H23FN8O3/c28-19-8-4-7-18-21(17-5-2-1-3-6-17)33-25(26(37)34-22(18)19)35-27(31)39-24(30)23-20(13-16(14-29)15-32-23)36-9-11-38-12-10-36/h1-8,13,15,25,30H,9-12H2,(H2,31,35)(H,34,37)/t25-/m1/s1. The van der Waals surface area contributed by atoms with Crippen LogP contribution >= 0.6 is 0 Å². The van der Waals surface area contributed by atoms with Crippen molar-refractivity contribution in [1.82, 2.24) is 4.98 Å². The summed E-state index contributed by atoms with van der Waals surface area (Å²) < 4.78 is 25.5. The van der Waals surface area contributed by atoms with Crippen molar-refractivity contribution in [2.24, 2.45) is 15.7 Å². The second-order valence-corrected chi connectivity index (χ2v) is 8.57. The van der Waals surface area contributed by atoms with E-state index in [0.717, 1.165) is 0 Å². The largest absolute Gasteiger partial charge is 0.405 e. The number of pyridine rings is 1. The number of para-hydroxylation sites is 1. The predicted molar refractivity (Wildman–Crippen MR) is 142 cm³/mol. The van der Waals surface area contributed by atoms with Crippen LogP contribution in [0.1, 0.15) is 22.4 Å². The number of aliphatic imine (C=N–C) groups is 2. The van der Waals surface area contributed by atoms with Gasteiger partial charge in [0.2, 0.25) is 12.1 Å². The number of hydrogen-bond acceptors (Lipinski definition) is 9. The lowest BCUT2D eigenvalue weighted by molar-refractivity contribution is -0.117. The fraction of sp³-hybridized carbons (Fsp3) is 0.185. The highest BCUT2D eigenvalue weighted by atomic mass is 19.1. The van der Waals surface area contributed by atoms with Crippen LogP contribution in [-0.4, -0.2) is 61.0 Å². The molecular weight excluding hydrogens is 503 g/mol. The SMILES string of the molecule is N#Cc1cnc(C(=N)OC(N)=N[C@H]2N=C(c3ccccc3)c3cccc(F)c3NC2=O)c(N2CCOCC2)c1. The summed E-state index contributed by atoms with van der Waals surface area (Å²) in [5.74, 6) is -1.78. The van der Waals surface area contributed by atoms with E-state index in [2.05, 4.69) is 20.3 Å². The van der Waals surface area contributed by atoms with E-state index in [1.165, 1.54) is 18.3 Å². The number of amides is 1. The number of hydrogen-bond donors (Lipinski definition) is 3. The molecule has 196 valence electrons. The maximum atomic E-state index is 14.7. The summed E-state index contributed by atoms with van der Waals surface area (Å²) in [5.41, 5.74) is 8.33. The number of nitrogens with one attached hydrogen (secondary N) is 2. The van der Waals surface area contributed by atoms with E-state index in [9.17, 15) is 14.4 Å². The van der Waals surface area contributed by atoms with Crippen molar-refractivity contribution in [3.05, 3.63) is 89.0 Å². The number of nitrogens with zero attached hydrogens (tertiary/aromatic N) is 5. The zero-order chi connectivity index (χ0) is 27.4. The fourth-order valence-corrected chi connectivity index (χ4v) is 4.23. The number of amidine groups is 1. The van der Waals surface area contributed by atoms with Crippen LogP contribution < -0.4 is 16.0 Å². The molecule has 2 aromatic carbocycles. The van der Waals surface area contributed by atoms with E-state index in [4.69, 9.17) is 20.6 Å². The van der Waals surface area contributed by atoms with E-state index in [1.54, 1.807) is 36.4 Å². The Morgan fingerprint density at radius 3 is 2.74 bits per heavy atom. The summed E-state index contributed by atoms with van der Waals surface area (Å²) in [4.78, 5) is 27.8. The van der Waals surface area contributed by atoms with E-state index in [0.29, 0.717) is 54.4 Å². The Morgan fingerprint density at radius 1 is 1.23 bits per heavy atom. The van der Waals surface area contributed by atoms with Crippen molar-refractivity contribution in [3.8, 4) is 6.07 Å². The Balaban J connectivity index is 1.46. The van der Waals surface area contributed by atoms with Gasteiger partial charge in [-0.2, -0.15) is 10.3 Å². The molecule has 1 fully saturated rings. The van der Waals surface area contributed by atoms with Crippen LogP contribution in [0.5, 0.6) is 0 Å². The molecule has 0 saturated carbocycles. The number of ether oxygens (including phenoxy) is 2. The minimum atomic E-state index is -1.42. The summed E-state index contributed by atoms with van der Waals surface area (Å²) in [6, 6.07) is 16.5. The molecule has 39 heavy (non-hydrogen) atoms. The van der Waals surface area contributed by atoms with Crippen molar-refractivity contribution >= 4 is 34.9 Å². The highest BCUT2D eigenvalue weighted by molar-refractivity contribution is 6.19. The molecule has 0 unspecified atom stereocenters. The molecule has 0 bridgehead atoms. The smallest absolute Gasteiger partial charge is 0.291 e. The molecule has 3 heterocycles. The number of benzodiazepines with no additional fused rings is 1. The Bertz CT molecular complexity index is 1530. The quantitative estimate of drug-likeness (QED) is 0.347. The molecule has 2 aliphatic rings. The molecule has 2 aliphatic heterocycles. The molecule has 12 heteroatoms. The van der Waals surface area contributed by atoms with Crippen LogP contribution in [0.15, 0.2) is 70.8 Å². The number of morpholine rings is 1. The topological polar surface area (TPSA) is 162 Å². The lowest BCUT2D eigenvalue weighted by atomic mass is 10.0. The number of rotatable bonds is 4. The summed E-state index contributed by atoms with van der Waals surface area (Å²) in [6.45, 7) is 2.04. The summed E-state index contributed by atoms with van der Waals surface area (Å²) in [7, 11) is 0. The average Bonchev–Trinajstić information content (AvgIpc) is 3.10. The molecule has 11 nitrogen and oxygen atoms in total. The maximum absolute atomic E-state index is 14.7. The first-order valence-corrected chi connectivity index (χ1v) is 12.0. The molecule has 1 saturated heterocycles. The third-order valence-corrected chi connectivity index (χ3v) is 6.07. The van der Waals surface area contributed by atoms with Crippen LogP contribution in [0.4, 0.5) is 15.8 Å². The Labute approximate surface area is 222 Å². The number of nitriles is 1. The number of carbonyl (C=O) groups is 1. The second-order valence-electron chi connectivity index (χ2n) is 8.57. The number of fused-ring (bicyclic) bond motifs is 1. The van der Waals surface area contributed by atoms with Gasteiger partial charge in [-0.25, -0.2) is 14.4 Å². The Kier molecular flexibility index (Phi) is 7.24. The summed E-state index contributed by atoms with van der Waals surface area (Å²) >= 11 is 0. The van der Waals surface area contributed by atoms with Crippen molar-refractivity contribution in [2.45, 2.75) is 6.17 Å². The first-order valence-electron chi connectivity index (χ1n) is 12.0. The van der Waals surface area contributed by atoms with E-state index >= 15 is 0 Å². The first kappa shape index (κ1) is 25.5. The van der Waals surface area contributed by atoms with Crippen molar-refractivity contribution in [3.63, 3.8) is 0 Å². The number of carbonyl (C=O) groups excluding carboxylic acids is 1. The molecule has 0 spiro atoms. The average molecular weight is 527 g/mol. The van der Waals surface area contributed by atoms with Gasteiger partial charge in [0.05, 0.1) is 35.9 Å². The van der Waals surface area contributed by atoms with Gasteiger partial charge >= 0.3 is 0 Å². The molecule has 1 atom stereocenters. The molecule has 5 rings (SSSR count). The highest BCUT2D eigenvalue weighted by Gasteiger charge is 2.28. The highest BCUT2D eigenvalue weighted by Crippen LogP contribution is 2.27. The zero-order valence-electron chi connectivity index (χ0n) is 20.6. The third kappa shape index (κ3) is 5.43.